The molecule has 0 aromatic rings. The van der Waals surface area contributed by atoms with Crippen LogP contribution >= 0.6 is 0 Å². The summed E-state index contributed by atoms with van der Waals surface area (Å²) >= 11 is 0. The first-order chi connectivity index (χ1) is 8.36. The Hall–Kier alpha value is -1.26. The zero-order chi connectivity index (χ0) is 14.1. The minimum atomic E-state index is -0.987. The summed E-state index contributed by atoms with van der Waals surface area (Å²) in [6, 6.07) is -0.212. The Labute approximate surface area is 110 Å². The van der Waals surface area contributed by atoms with Crippen molar-refractivity contribution in [3.05, 3.63) is 0 Å². The Kier molecular flexibility index (Phi) is 8.16. The van der Waals surface area contributed by atoms with Crippen molar-refractivity contribution in [1.82, 2.24) is 10.2 Å². The predicted octanol–water partition coefficient (Wildman–Crippen LogP) is 2.32. The van der Waals surface area contributed by atoms with Crippen LogP contribution in [0.15, 0.2) is 0 Å². The fraction of sp³-hybridized carbons (Fsp3) is 0.846. The van der Waals surface area contributed by atoms with Gasteiger partial charge in [-0.1, -0.05) is 26.7 Å². The van der Waals surface area contributed by atoms with Crippen LogP contribution in [0.5, 0.6) is 0 Å². The third kappa shape index (κ3) is 7.92. The molecule has 0 aromatic carbocycles. The van der Waals surface area contributed by atoms with Crippen LogP contribution in [0.2, 0.25) is 0 Å². The number of nitrogens with one attached hydrogen (secondary N) is 1. The van der Waals surface area contributed by atoms with Gasteiger partial charge < -0.3 is 15.3 Å². The highest BCUT2D eigenvalue weighted by Gasteiger charge is 2.16. The number of likely N-dealkylation sites (N-methyl/N-ethyl adjacent to an activating group) is 1. The van der Waals surface area contributed by atoms with Crippen LogP contribution in [0.25, 0.3) is 0 Å². The summed E-state index contributed by atoms with van der Waals surface area (Å²) < 4.78 is 0. The van der Waals surface area contributed by atoms with Crippen molar-refractivity contribution in [2.24, 2.45) is 5.92 Å². The molecule has 18 heavy (non-hydrogen) atoms. The zero-order valence-electron chi connectivity index (χ0n) is 11.9. The number of carboxylic acids is 1. The van der Waals surface area contributed by atoms with Crippen LogP contribution in [-0.4, -0.2) is 41.1 Å². The molecule has 0 aliphatic rings. The number of amides is 2. The second-order valence-electron chi connectivity index (χ2n) is 5.08. The van der Waals surface area contributed by atoms with E-state index in [0.717, 1.165) is 19.3 Å². The van der Waals surface area contributed by atoms with E-state index >= 15 is 0 Å². The number of rotatable bonds is 8. The van der Waals surface area contributed by atoms with Crippen molar-refractivity contribution < 1.29 is 14.7 Å². The molecule has 2 amide bonds. The fourth-order valence-corrected chi connectivity index (χ4v) is 1.70. The number of hydrogen-bond acceptors (Lipinski definition) is 2. The summed E-state index contributed by atoms with van der Waals surface area (Å²) in [5, 5.41) is 11.5. The van der Waals surface area contributed by atoms with Gasteiger partial charge in [0.1, 0.15) is 6.54 Å². The van der Waals surface area contributed by atoms with Crippen molar-refractivity contribution in [2.45, 2.75) is 53.0 Å². The van der Waals surface area contributed by atoms with E-state index in [1.54, 1.807) is 6.92 Å². The summed E-state index contributed by atoms with van der Waals surface area (Å²) in [6.07, 6.45) is 3.14. The molecule has 1 unspecified atom stereocenters. The first-order valence-electron chi connectivity index (χ1n) is 6.64. The highest BCUT2D eigenvalue weighted by atomic mass is 16.4. The molecule has 0 aliphatic carbocycles. The standard InChI is InChI=1S/C13H26N2O3/c1-5-15(9-12(16)17)13(18)14-11(4)8-6-7-10(2)3/h10-11H,5-9H2,1-4H3,(H,14,18)(H,16,17). The van der Waals surface area contributed by atoms with Crippen LogP contribution < -0.4 is 5.32 Å². The number of carboxylic acid groups (broad SMARTS) is 1. The number of hydrogen-bond donors (Lipinski definition) is 2. The minimum Gasteiger partial charge on any atom is -0.480 e. The summed E-state index contributed by atoms with van der Waals surface area (Å²) in [5.74, 6) is -0.313. The molecular weight excluding hydrogens is 232 g/mol. The monoisotopic (exact) mass is 258 g/mol. The van der Waals surface area contributed by atoms with Crippen LogP contribution in [0, 0.1) is 5.92 Å². The second kappa shape index (κ2) is 8.78. The summed E-state index contributed by atoms with van der Waals surface area (Å²) in [5.41, 5.74) is 0. The maximum Gasteiger partial charge on any atom is 0.323 e. The van der Waals surface area contributed by atoms with Crippen LogP contribution in [0.3, 0.4) is 0 Å². The number of carbonyl (C=O) groups is 2. The van der Waals surface area contributed by atoms with Gasteiger partial charge in [-0.3, -0.25) is 4.79 Å². The SMILES string of the molecule is CCN(CC(=O)O)C(=O)NC(C)CCCC(C)C. The van der Waals surface area contributed by atoms with E-state index in [4.69, 9.17) is 5.11 Å². The molecule has 0 rings (SSSR count). The van der Waals surface area contributed by atoms with Crippen molar-refractivity contribution in [3.63, 3.8) is 0 Å². The fourth-order valence-electron chi connectivity index (χ4n) is 1.70. The quantitative estimate of drug-likeness (QED) is 0.702. The smallest absolute Gasteiger partial charge is 0.323 e. The molecule has 0 aromatic heterocycles. The third-order valence-electron chi connectivity index (χ3n) is 2.78. The lowest BCUT2D eigenvalue weighted by Crippen LogP contribution is -2.45. The van der Waals surface area contributed by atoms with Gasteiger partial charge in [0.25, 0.3) is 0 Å². The Morgan fingerprint density at radius 2 is 1.83 bits per heavy atom. The Bertz CT molecular complexity index is 267. The molecule has 5 heteroatoms. The molecule has 0 spiro atoms. The van der Waals surface area contributed by atoms with Gasteiger partial charge in [-0.25, -0.2) is 4.79 Å². The predicted molar refractivity (Wildman–Crippen MR) is 71.6 cm³/mol. The molecule has 2 N–H and O–H groups in total. The van der Waals surface area contributed by atoms with Gasteiger partial charge >= 0.3 is 12.0 Å². The molecular formula is C13H26N2O3. The van der Waals surface area contributed by atoms with Crippen LogP contribution in [0.4, 0.5) is 4.79 Å². The van der Waals surface area contributed by atoms with Crippen molar-refractivity contribution >= 4 is 12.0 Å². The van der Waals surface area contributed by atoms with Gasteiger partial charge in [-0.15, -0.1) is 0 Å². The lowest BCUT2D eigenvalue weighted by molar-refractivity contribution is -0.137. The largest absolute Gasteiger partial charge is 0.480 e. The number of urea groups is 1. The molecule has 0 radical (unpaired) electrons. The number of nitrogens with zero attached hydrogens (tertiary/aromatic N) is 1. The van der Waals surface area contributed by atoms with E-state index in [2.05, 4.69) is 19.2 Å². The first kappa shape index (κ1) is 16.7. The van der Waals surface area contributed by atoms with Gasteiger partial charge in [0.05, 0.1) is 0 Å². The molecule has 0 saturated carbocycles. The van der Waals surface area contributed by atoms with Crippen molar-refractivity contribution in [1.29, 1.82) is 0 Å². The highest BCUT2D eigenvalue weighted by molar-refractivity contribution is 5.80. The Balaban J connectivity index is 4.00. The molecule has 106 valence electrons. The average Bonchev–Trinajstić information content (AvgIpc) is 2.24. The Morgan fingerprint density at radius 1 is 1.22 bits per heavy atom. The zero-order valence-corrected chi connectivity index (χ0v) is 11.9. The summed E-state index contributed by atoms with van der Waals surface area (Å²) in [6.45, 7) is 8.22. The van der Waals surface area contributed by atoms with E-state index in [0.29, 0.717) is 12.5 Å². The van der Waals surface area contributed by atoms with Crippen LogP contribution in [-0.2, 0) is 4.79 Å². The van der Waals surface area contributed by atoms with Gasteiger partial charge in [0.15, 0.2) is 0 Å². The molecule has 0 saturated heterocycles. The van der Waals surface area contributed by atoms with Crippen LogP contribution in [0.1, 0.15) is 47.0 Å². The first-order valence-corrected chi connectivity index (χ1v) is 6.64. The van der Waals surface area contributed by atoms with E-state index in [9.17, 15) is 9.59 Å². The van der Waals surface area contributed by atoms with Gasteiger partial charge in [0, 0.05) is 12.6 Å². The molecule has 1 atom stereocenters. The number of aliphatic carboxylic acids is 1. The molecule has 0 bridgehead atoms. The molecule has 0 aliphatic heterocycles. The van der Waals surface area contributed by atoms with Gasteiger partial charge in [-0.05, 0) is 26.2 Å². The lowest BCUT2D eigenvalue weighted by atomic mass is 10.0. The lowest BCUT2D eigenvalue weighted by Gasteiger charge is -2.22. The highest BCUT2D eigenvalue weighted by Crippen LogP contribution is 2.08. The summed E-state index contributed by atoms with van der Waals surface area (Å²) in [7, 11) is 0. The van der Waals surface area contributed by atoms with Crippen molar-refractivity contribution in [2.75, 3.05) is 13.1 Å². The molecule has 0 fully saturated rings. The minimum absolute atomic E-state index is 0.0825. The Morgan fingerprint density at radius 3 is 2.28 bits per heavy atom. The molecule has 5 nitrogen and oxygen atoms in total. The normalized spacial score (nSPS) is 12.3. The topological polar surface area (TPSA) is 69.6 Å². The second-order valence-corrected chi connectivity index (χ2v) is 5.08. The van der Waals surface area contributed by atoms with Gasteiger partial charge in [-0.2, -0.15) is 0 Å². The van der Waals surface area contributed by atoms with E-state index in [1.165, 1.54) is 4.90 Å². The molecule has 0 heterocycles. The van der Waals surface area contributed by atoms with Crippen molar-refractivity contribution in [3.8, 4) is 0 Å². The number of carbonyl (C=O) groups excluding carboxylic acids is 1. The maximum absolute atomic E-state index is 11.8. The average molecular weight is 258 g/mol. The summed E-state index contributed by atoms with van der Waals surface area (Å²) in [4.78, 5) is 23.6. The third-order valence-corrected chi connectivity index (χ3v) is 2.78. The van der Waals surface area contributed by atoms with E-state index < -0.39 is 5.97 Å². The maximum atomic E-state index is 11.8. The van der Waals surface area contributed by atoms with Gasteiger partial charge in [0.2, 0.25) is 0 Å². The van der Waals surface area contributed by atoms with E-state index in [1.807, 2.05) is 6.92 Å². The van der Waals surface area contributed by atoms with E-state index in [-0.39, 0.29) is 18.6 Å².